The van der Waals surface area contributed by atoms with E-state index in [1.165, 1.54) is 0 Å². The molecule has 6 nitrogen and oxygen atoms in total. The van der Waals surface area contributed by atoms with Crippen LogP contribution in [0.1, 0.15) is 61.3 Å². The highest BCUT2D eigenvalue weighted by Gasteiger charge is 2.13. The molecule has 0 aliphatic heterocycles. The van der Waals surface area contributed by atoms with Gasteiger partial charge in [0, 0.05) is 13.1 Å². The smallest absolute Gasteiger partial charge is 0.338 e. The van der Waals surface area contributed by atoms with Crippen molar-refractivity contribution >= 4 is 11.9 Å². The molecule has 0 amide bonds. The second-order valence-electron chi connectivity index (χ2n) is 6.61. The Morgan fingerprint density at radius 2 is 1.14 bits per heavy atom. The number of hydrogen-bond donors (Lipinski definition) is 0. The Morgan fingerprint density at radius 3 is 1.50 bits per heavy atom. The van der Waals surface area contributed by atoms with Gasteiger partial charge in [0.1, 0.15) is 0 Å². The quantitative estimate of drug-likeness (QED) is 0.357. The summed E-state index contributed by atoms with van der Waals surface area (Å²) in [6.45, 7) is 15.0. The molecule has 0 bridgehead atoms. The highest BCUT2D eigenvalue weighted by Crippen LogP contribution is 2.09. The summed E-state index contributed by atoms with van der Waals surface area (Å²) >= 11 is 0. The summed E-state index contributed by atoms with van der Waals surface area (Å²) in [4.78, 5) is 29.0. The van der Waals surface area contributed by atoms with Crippen molar-refractivity contribution in [1.29, 1.82) is 0 Å². The summed E-state index contributed by atoms with van der Waals surface area (Å²) in [5.41, 5.74) is 0.751. The highest BCUT2D eigenvalue weighted by molar-refractivity contribution is 5.95. The van der Waals surface area contributed by atoms with Crippen molar-refractivity contribution in [1.82, 2.24) is 9.80 Å². The number of carbonyl (C=O) groups excluding carboxylic acids is 2. The van der Waals surface area contributed by atoms with Gasteiger partial charge in [-0.3, -0.25) is 0 Å². The predicted molar refractivity (Wildman–Crippen MR) is 112 cm³/mol. The van der Waals surface area contributed by atoms with Gasteiger partial charge in [-0.15, -0.1) is 0 Å². The molecule has 158 valence electrons. The molecule has 0 aromatic heterocycles. The molecule has 0 N–H and O–H groups in total. The van der Waals surface area contributed by atoms with E-state index in [9.17, 15) is 9.59 Å². The molecule has 1 rings (SSSR count). The topological polar surface area (TPSA) is 59.1 Å². The number of rotatable bonds is 14. The summed E-state index contributed by atoms with van der Waals surface area (Å²) in [5, 5.41) is 0. The van der Waals surface area contributed by atoms with E-state index in [4.69, 9.17) is 9.47 Å². The summed E-state index contributed by atoms with van der Waals surface area (Å²) in [5.74, 6) is -0.813. The van der Waals surface area contributed by atoms with E-state index in [1.807, 2.05) is 0 Å². The van der Waals surface area contributed by atoms with E-state index >= 15 is 0 Å². The first-order valence-electron chi connectivity index (χ1n) is 10.4. The van der Waals surface area contributed by atoms with Crippen LogP contribution in [0.3, 0.4) is 0 Å². The van der Waals surface area contributed by atoms with Gasteiger partial charge in [-0.05, 0) is 57.2 Å². The maximum atomic E-state index is 12.2. The van der Waals surface area contributed by atoms with Crippen LogP contribution in [0.25, 0.3) is 0 Å². The van der Waals surface area contributed by atoms with Gasteiger partial charge in [0.25, 0.3) is 0 Å². The first-order valence-corrected chi connectivity index (χ1v) is 10.4. The van der Waals surface area contributed by atoms with Gasteiger partial charge in [-0.1, -0.05) is 33.8 Å². The Labute approximate surface area is 169 Å². The zero-order chi connectivity index (χ0) is 20.8. The standard InChI is InChI=1S/C22H36N2O4/c1-5-23(6-2)14-10-16-27-21(25)19-12-9-13-20(18-19)22(26)28-17-11-15-24(7-3)8-4/h9,12-13,18H,5-8,10-11,14-17H2,1-4H3. The van der Waals surface area contributed by atoms with Crippen LogP contribution in [0, 0.1) is 0 Å². The lowest BCUT2D eigenvalue weighted by atomic mass is 10.1. The molecule has 0 aliphatic carbocycles. The number of carbonyl (C=O) groups is 2. The Balaban J connectivity index is 2.43. The number of ether oxygens (including phenoxy) is 2. The zero-order valence-electron chi connectivity index (χ0n) is 17.9. The Kier molecular flexibility index (Phi) is 12.2. The minimum absolute atomic E-state index is 0.370. The van der Waals surface area contributed by atoms with E-state index < -0.39 is 11.9 Å². The van der Waals surface area contributed by atoms with Crippen molar-refractivity contribution in [2.45, 2.75) is 40.5 Å². The molecule has 0 saturated carbocycles. The third-order valence-electron chi connectivity index (χ3n) is 4.83. The van der Waals surface area contributed by atoms with Crippen molar-refractivity contribution in [2.75, 3.05) is 52.5 Å². The molecule has 0 spiro atoms. The van der Waals surface area contributed by atoms with Gasteiger partial charge < -0.3 is 19.3 Å². The molecule has 0 heterocycles. The van der Waals surface area contributed by atoms with Crippen molar-refractivity contribution in [3.8, 4) is 0 Å². The number of benzene rings is 1. The Morgan fingerprint density at radius 1 is 0.750 bits per heavy atom. The fourth-order valence-corrected chi connectivity index (χ4v) is 2.93. The van der Waals surface area contributed by atoms with Crippen LogP contribution in [0.5, 0.6) is 0 Å². The maximum absolute atomic E-state index is 12.2. The van der Waals surface area contributed by atoms with Gasteiger partial charge in [0.15, 0.2) is 0 Å². The van der Waals surface area contributed by atoms with Gasteiger partial charge in [0.05, 0.1) is 24.3 Å². The lowest BCUT2D eigenvalue weighted by Gasteiger charge is -2.17. The predicted octanol–water partition coefficient (Wildman–Crippen LogP) is 3.46. The molecule has 0 saturated heterocycles. The summed E-state index contributed by atoms with van der Waals surface area (Å²) in [6, 6.07) is 6.53. The van der Waals surface area contributed by atoms with Crippen molar-refractivity contribution in [3.05, 3.63) is 35.4 Å². The van der Waals surface area contributed by atoms with Crippen LogP contribution in [-0.2, 0) is 9.47 Å². The van der Waals surface area contributed by atoms with Crippen LogP contribution in [-0.4, -0.2) is 74.2 Å². The lowest BCUT2D eigenvalue weighted by Crippen LogP contribution is -2.25. The van der Waals surface area contributed by atoms with Crippen LogP contribution in [0.15, 0.2) is 24.3 Å². The summed E-state index contributed by atoms with van der Waals surface area (Å²) in [7, 11) is 0. The molecule has 0 radical (unpaired) electrons. The molecule has 6 heteroatoms. The number of hydrogen-bond acceptors (Lipinski definition) is 6. The normalized spacial score (nSPS) is 11.1. The second-order valence-corrected chi connectivity index (χ2v) is 6.61. The van der Waals surface area contributed by atoms with E-state index in [2.05, 4.69) is 37.5 Å². The maximum Gasteiger partial charge on any atom is 0.338 e. The van der Waals surface area contributed by atoms with Gasteiger partial charge in [-0.2, -0.15) is 0 Å². The minimum Gasteiger partial charge on any atom is -0.462 e. The Hall–Kier alpha value is -1.92. The molecule has 1 aromatic rings. The van der Waals surface area contributed by atoms with Crippen LogP contribution >= 0.6 is 0 Å². The zero-order valence-corrected chi connectivity index (χ0v) is 17.9. The molecule has 0 atom stereocenters. The summed E-state index contributed by atoms with van der Waals surface area (Å²) in [6.07, 6.45) is 1.59. The molecule has 0 aliphatic rings. The van der Waals surface area contributed by atoms with E-state index in [-0.39, 0.29) is 0 Å². The molecule has 28 heavy (non-hydrogen) atoms. The van der Waals surface area contributed by atoms with E-state index in [0.717, 1.165) is 52.1 Å². The van der Waals surface area contributed by atoms with Crippen LogP contribution < -0.4 is 0 Å². The Bertz CT molecular complexity index is 536. The summed E-state index contributed by atoms with van der Waals surface area (Å²) < 4.78 is 10.7. The highest BCUT2D eigenvalue weighted by atomic mass is 16.5. The van der Waals surface area contributed by atoms with E-state index in [0.29, 0.717) is 24.3 Å². The molecular formula is C22H36N2O4. The monoisotopic (exact) mass is 392 g/mol. The van der Waals surface area contributed by atoms with Gasteiger partial charge in [0.2, 0.25) is 0 Å². The third kappa shape index (κ3) is 8.85. The van der Waals surface area contributed by atoms with Crippen LogP contribution in [0.2, 0.25) is 0 Å². The van der Waals surface area contributed by atoms with Crippen molar-refractivity contribution < 1.29 is 19.1 Å². The fraction of sp³-hybridized carbons (Fsp3) is 0.636. The van der Waals surface area contributed by atoms with Crippen molar-refractivity contribution in [2.24, 2.45) is 0 Å². The molecule has 1 aromatic carbocycles. The molecule has 0 fully saturated rings. The van der Waals surface area contributed by atoms with Gasteiger partial charge in [-0.25, -0.2) is 9.59 Å². The third-order valence-corrected chi connectivity index (χ3v) is 4.83. The number of esters is 2. The number of nitrogens with zero attached hydrogens (tertiary/aromatic N) is 2. The average Bonchev–Trinajstić information content (AvgIpc) is 2.73. The van der Waals surface area contributed by atoms with Gasteiger partial charge >= 0.3 is 11.9 Å². The molecule has 0 unspecified atom stereocenters. The second kappa shape index (κ2) is 14.1. The molecular weight excluding hydrogens is 356 g/mol. The largest absolute Gasteiger partial charge is 0.462 e. The minimum atomic E-state index is -0.407. The first kappa shape index (κ1) is 24.1. The van der Waals surface area contributed by atoms with Crippen molar-refractivity contribution in [3.63, 3.8) is 0 Å². The van der Waals surface area contributed by atoms with Crippen LogP contribution in [0.4, 0.5) is 0 Å². The average molecular weight is 393 g/mol. The first-order chi connectivity index (χ1) is 13.5. The fourth-order valence-electron chi connectivity index (χ4n) is 2.93. The lowest BCUT2D eigenvalue weighted by molar-refractivity contribution is 0.0488. The van der Waals surface area contributed by atoms with E-state index in [1.54, 1.807) is 24.3 Å². The SMILES string of the molecule is CCN(CC)CCCOC(=O)c1cccc(C(=O)OCCCN(CC)CC)c1.